The molecule has 43 heavy (non-hydrogen) atoms. The SMILES string of the molecule is CCOC(=O)n1nc2c(c1NC(=O)c1ccc(N3CCN(C)CC3)cc1F)CN(S(=O)(=O)c1cc(F)cc(F)c1)C2(C)C. The van der Waals surface area contributed by atoms with Crippen LogP contribution in [-0.4, -0.2) is 79.2 Å². The van der Waals surface area contributed by atoms with Crippen molar-refractivity contribution in [3.05, 3.63) is 70.7 Å². The van der Waals surface area contributed by atoms with Gasteiger partial charge in [0.15, 0.2) is 0 Å². The molecule has 3 heterocycles. The second kappa shape index (κ2) is 11.3. The van der Waals surface area contributed by atoms with Gasteiger partial charge in [-0.05, 0) is 58.2 Å². The molecule has 0 radical (unpaired) electrons. The third-order valence-electron chi connectivity index (χ3n) is 7.65. The summed E-state index contributed by atoms with van der Waals surface area (Å²) in [7, 11) is -2.49. The van der Waals surface area contributed by atoms with Crippen molar-refractivity contribution >= 4 is 33.5 Å². The maximum atomic E-state index is 15.2. The number of halogens is 3. The van der Waals surface area contributed by atoms with E-state index in [-0.39, 0.29) is 29.2 Å². The van der Waals surface area contributed by atoms with Crippen molar-refractivity contribution in [2.75, 3.05) is 50.1 Å². The highest BCUT2D eigenvalue weighted by Gasteiger charge is 2.49. The van der Waals surface area contributed by atoms with Crippen molar-refractivity contribution in [1.82, 2.24) is 19.0 Å². The Morgan fingerprint density at radius 1 is 1.02 bits per heavy atom. The molecule has 2 aromatic carbocycles. The van der Waals surface area contributed by atoms with E-state index in [9.17, 15) is 26.8 Å². The van der Waals surface area contributed by atoms with Crippen LogP contribution in [0, 0.1) is 17.5 Å². The third-order valence-corrected chi connectivity index (χ3v) is 9.65. The minimum Gasteiger partial charge on any atom is -0.448 e. The minimum atomic E-state index is -4.49. The molecular weight excluding hydrogens is 589 g/mol. The average Bonchev–Trinajstić information content (AvgIpc) is 3.43. The lowest BCUT2D eigenvalue weighted by atomic mass is 10.0. The average molecular weight is 621 g/mol. The lowest BCUT2D eigenvalue weighted by Crippen LogP contribution is -2.44. The molecule has 1 fully saturated rings. The monoisotopic (exact) mass is 620 g/mol. The van der Waals surface area contributed by atoms with Gasteiger partial charge in [-0.1, -0.05) is 0 Å². The van der Waals surface area contributed by atoms with E-state index in [2.05, 4.69) is 15.3 Å². The van der Waals surface area contributed by atoms with Crippen LogP contribution in [0.3, 0.4) is 0 Å². The topological polar surface area (TPSA) is 117 Å². The quantitative estimate of drug-likeness (QED) is 0.443. The summed E-state index contributed by atoms with van der Waals surface area (Å²) in [6, 6.07) is 6.18. The number of anilines is 2. The lowest BCUT2D eigenvalue weighted by molar-refractivity contribution is 0.102. The molecule has 0 unspecified atom stereocenters. The zero-order valence-corrected chi connectivity index (χ0v) is 24.8. The van der Waals surface area contributed by atoms with Gasteiger partial charge in [-0.15, -0.1) is 4.68 Å². The van der Waals surface area contributed by atoms with Crippen LogP contribution in [0.25, 0.3) is 0 Å². The van der Waals surface area contributed by atoms with Gasteiger partial charge in [-0.2, -0.15) is 9.40 Å². The lowest BCUT2D eigenvalue weighted by Gasteiger charge is -2.34. The predicted octanol–water partition coefficient (Wildman–Crippen LogP) is 3.75. The Kier molecular flexibility index (Phi) is 8.00. The highest BCUT2D eigenvalue weighted by atomic mass is 32.2. The number of sulfonamides is 1. The van der Waals surface area contributed by atoms with Crippen LogP contribution >= 0.6 is 0 Å². The van der Waals surface area contributed by atoms with Crippen molar-refractivity contribution in [3.8, 4) is 0 Å². The van der Waals surface area contributed by atoms with Gasteiger partial charge in [0.05, 0.1) is 28.3 Å². The molecule has 0 atom stereocenters. The number of carbonyl (C=O) groups excluding carboxylic acids is 2. The molecule has 0 spiro atoms. The molecular formula is C28H31F3N6O5S. The number of nitrogens with one attached hydrogen (secondary N) is 1. The molecule has 1 N–H and O–H groups in total. The van der Waals surface area contributed by atoms with E-state index in [1.54, 1.807) is 13.0 Å². The van der Waals surface area contributed by atoms with E-state index in [1.165, 1.54) is 26.0 Å². The molecule has 0 saturated carbocycles. The Labute approximate surface area is 246 Å². The number of nitrogens with zero attached hydrogens (tertiary/aromatic N) is 5. The van der Waals surface area contributed by atoms with Crippen LogP contribution in [-0.2, 0) is 26.8 Å². The smallest absolute Gasteiger partial charge is 0.436 e. The Morgan fingerprint density at radius 3 is 2.28 bits per heavy atom. The van der Waals surface area contributed by atoms with Gasteiger partial charge in [-0.3, -0.25) is 4.79 Å². The largest absolute Gasteiger partial charge is 0.448 e. The highest BCUT2D eigenvalue weighted by Crippen LogP contribution is 2.45. The van der Waals surface area contributed by atoms with E-state index in [0.29, 0.717) is 37.0 Å². The van der Waals surface area contributed by atoms with Crippen molar-refractivity contribution in [2.24, 2.45) is 0 Å². The maximum absolute atomic E-state index is 15.2. The maximum Gasteiger partial charge on any atom is 0.436 e. The van der Waals surface area contributed by atoms with Crippen molar-refractivity contribution in [2.45, 2.75) is 37.8 Å². The summed E-state index contributed by atoms with van der Waals surface area (Å²) in [5, 5.41) is 6.79. The second-order valence-electron chi connectivity index (χ2n) is 10.9. The number of hydrogen-bond donors (Lipinski definition) is 1. The Morgan fingerprint density at radius 2 is 1.67 bits per heavy atom. The molecule has 3 aromatic rings. The fraction of sp³-hybridized carbons (Fsp3) is 0.393. The zero-order valence-electron chi connectivity index (χ0n) is 24.0. The number of carbonyl (C=O) groups is 2. The Hall–Kier alpha value is -3.95. The molecule has 1 amide bonds. The standard InChI is InChI=1S/C28H31F3N6O5S/c1-5-42-27(39)37-25(32-26(38)21-7-6-19(15-23(21)31)35-10-8-34(4)9-11-35)22-16-36(28(2,3)24(22)33-37)43(40,41)20-13-17(29)12-18(30)14-20/h6-7,12-15H,5,8-11,16H2,1-4H3,(H,32,38). The number of benzene rings is 2. The van der Waals surface area contributed by atoms with Gasteiger partial charge in [-0.25, -0.2) is 26.4 Å². The normalized spacial score (nSPS) is 17.1. The highest BCUT2D eigenvalue weighted by molar-refractivity contribution is 7.89. The van der Waals surface area contributed by atoms with E-state index >= 15 is 4.39 Å². The van der Waals surface area contributed by atoms with Crippen LogP contribution in [0.1, 0.15) is 42.4 Å². The van der Waals surface area contributed by atoms with Crippen molar-refractivity contribution < 1.29 is 35.9 Å². The fourth-order valence-electron chi connectivity index (χ4n) is 5.31. The van der Waals surface area contributed by atoms with E-state index in [1.807, 2.05) is 11.9 Å². The number of rotatable bonds is 6. The molecule has 11 nitrogen and oxygen atoms in total. The van der Waals surface area contributed by atoms with Crippen LogP contribution in [0.4, 0.5) is 29.5 Å². The molecule has 15 heteroatoms. The summed E-state index contributed by atoms with van der Waals surface area (Å²) in [6.07, 6.45) is -0.949. The van der Waals surface area contributed by atoms with E-state index in [0.717, 1.165) is 22.1 Å². The summed E-state index contributed by atoms with van der Waals surface area (Å²) >= 11 is 0. The third kappa shape index (κ3) is 5.59. The zero-order chi connectivity index (χ0) is 31.3. The summed E-state index contributed by atoms with van der Waals surface area (Å²) in [6.45, 7) is 7.15. The molecule has 1 aromatic heterocycles. The van der Waals surface area contributed by atoms with Gasteiger partial charge in [0.1, 0.15) is 23.3 Å². The number of aromatic nitrogens is 2. The van der Waals surface area contributed by atoms with Gasteiger partial charge >= 0.3 is 6.09 Å². The first kappa shape index (κ1) is 30.5. The first-order chi connectivity index (χ1) is 20.2. The summed E-state index contributed by atoms with van der Waals surface area (Å²) < 4.78 is 77.0. The van der Waals surface area contributed by atoms with E-state index < -0.39 is 56.5 Å². The molecule has 2 aliphatic rings. The van der Waals surface area contributed by atoms with Crippen LogP contribution < -0.4 is 10.2 Å². The number of hydrogen-bond acceptors (Lipinski definition) is 8. The molecule has 230 valence electrons. The van der Waals surface area contributed by atoms with Crippen LogP contribution in [0.5, 0.6) is 0 Å². The molecule has 0 aliphatic carbocycles. The number of ether oxygens (including phenoxy) is 1. The van der Waals surface area contributed by atoms with Gasteiger partial charge in [0.25, 0.3) is 5.91 Å². The molecule has 1 saturated heterocycles. The minimum absolute atomic E-state index is 0.0197. The van der Waals surface area contributed by atoms with Gasteiger partial charge in [0.2, 0.25) is 10.0 Å². The predicted molar refractivity (Wildman–Crippen MR) is 151 cm³/mol. The van der Waals surface area contributed by atoms with Crippen LogP contribution in [0.2, 0.25) is 0 Å². The summed E-state index contributed by atoms with van der Waals surface area (Å²) in [5.41, 5.74) is -0.872. The molecule has 5 rings (SSSR count). The van der Waals surface area contributed by atoms with Crippen molar-refractivity contribution in [3.63, 3.8) is 0 Å². The number of amides is 1. The Bertz CT molecular complexity index is 1680. The molecule has 0 bridgehead atoms. The first-order valence-corrected chi connectivity index (χ1v) is 15.0. The van der Waals surface area contributed by atoms with Crippen molar-refractivity contribution in [1.29, 1.82) is 0 Å². The van der Waals surface area contributed by atoms with Gasteiger partial charge < -0.3 is 19.9 Å². The summed E-state index contributed by atoms with van der Waals surface area (Å²) in [4.78, 5) is 29.7. The fourth-order valence-corrected chi connectivity index (χ4v) is 7.07. The second-order valence-corrected chi connectivity index (χ2v) is 12.7. The number of likely N-dealkylation sites (N-methyl/N-ethyl adjacent to an activating group) is 1. The molecule has 2 aliphatic heterocycles. The Balaban J connectivity index is 1.49. The van der Waals surface area contributed by atoms with Crippen LogP contribution in [0.15, 0.2) is 41.3 Å². The first-order valence-electron chi connectivity index (χ1n) is 13.6. The number of fused-ring (bicyclic) bond motifs is 1. The number of piperazine rings is 1. The summed E-state index contributed by atoms with van der Waals surface area (Å²) in [5.74, 6) is -4.05. The van der Waals surface area contributed by atoms with E-state index in [4.69, 9.17) is 4.74 Å². The van der Waals surface area contributed by atoms with Gasteiger partial charge in [0, 0.05) is 50.0 Å².